The second-order valence-corrected chi connectivity index (χ2v) is 10.3. The summed E-state index contributed by atoms with van der Waals surface area (Å²) in [6, 6.07) is 23.0. The van der Waals surface area contributed by atoms with Crippen LogP contribution >= 0.6 is 0 Å². The average molecular weight is 473 g/mol. The topological polar surface area (TPSA) is 67.2 Å². The lowest BCUT2D eigenvalue weighted by atomic mass is 10.1. The van der Waals surface area contributed by atoms with Crippen LogP contribution in [0, 0.1) is 11.8 Å². The van der Waals surface area contributed by atoms with E-state index in [4.69, 9.17) is 4.98 Å². The fourth-order valence-electron chi connectivity index (χ4n) is 3.69. The minimum atomic E-state index is -3.51. The lowest BCUT2D eigenvalue weighted by Crippen LogP contribution is -2.22. The molecule has 3 aromatic carbocycles. The quantitative estimate of drug-likeness (QED) is 0.396. The molecular formula is C27H28N4O2S. The van der Waals surface area contributed by atoms with Crippen LogP contribution < -0.4 is 5.32 Å². The molecule has 0 atom stereocenters. The maximum atomic E-state index is 12.5. The number of aromatic nitrogens is 2. The highest BCUT2D eigenvalue weighted by molar-refractivity contribution is 7.89. The normalized spacial score (nSPS) is 11.4. The minimum absolute atomic E-state index is 0.246. The van der Waals surface area contributed by atoms with E-state index in [2.05, 4.69) is 28.6 Å². The zero-order chi connectivity index (χ0) is 24.1. The van der Waals surface area contributed by atoms with E-state index < -0.39 is 10.0 Å². The molecule has 4 aromatic rings. The average Bonchev–Trinajstić information content (AvgIpc) is 3.19. The van der Waals surface area contributed by atoms with E-state index in [1.165, 1.54) is 18.4 Å². The van der Waals surface area contributed by atoms with Crippen LogP contribution in [-0.2, 0) is 23.1 Å². The molecule has 0 unspecified atom stereocenters. The van der Waals surface area contributed by atoms with Gasteiger partial charge in [-0.3, -0.25) is 0 Å². The highest BCUT2D eigenvalue weighted by Gasteiger charge is 2.19. The predicted octanol–water partition coefficient (Wildman–Crippen LogP) is 4.71. The van der Waals surface area contributed by atoms with Crippen molar-refractivity contribution >= 4 is 26.7 Å². The van der Waals surface area contributed by atoms with Gasteiger partial charge in [0.2, 0.25) is 10.0 Å². The van der Waals surface area contributed by atoms with Gasteiger partial charge < -0.3 is 9.88 Å². The van der Waals surface area contributed by atoms with Crippen molar-refractivity contribution in [2.75, 3.05) is 19.4 Å². The number of nitrogens with zero attached hydrogens (tertiary/aromatic N) is 3. The lowest BCUT2D eigenvalue weighted by Gasteiger charge is -2.12. The molecule has 0 aliphatic carbocycles. The molecule has 1 N–H and O–H groups in total. The summed E-state index contributed by atoms with van der Waals surface area (Å²) in [6.45, 7) is 3.43. The van der Waals surface area contributed by atoms with Gasteiger partial charge in [0, 0.05) is 37.5 Å². The molecule has 0 amide bonds. The number of anilines is 1. The van der Waals surface area contributed by atoms with Gasteiger partial charge in [-0.2, -0.15) is 0 Å². The van der Waals surface area contributed by atoms with E-state index in [1.807, 2.05) is 60.7 Å². The van der Waals surface area contributed by atoms with Crippen molar-refractivity contribution in [3.05, 3.63) is 89.7 Å². The number of rotatable bonds is 7. The van der Waals surface area contributed by atoms with Crippen LogP contribution in [-0.4, -0.2) is 36.4 Å². The van der Waals surface area contributed by atoms with Crippen molar-refractivity contribution in [2.45, 2.75) is 31.3 Å². The summed E-state index contributed by atoms with van der Waals surface area (Å²) in [5.74, 6) is 7.25. The number of benzene rings is 3. The van der Waals surface area contributed by atoms with Gasteiger partial charge in [-0.15, -0.1) is 0 Å². The molecule has 0 radical (unpaired) electrons. The highest BCUT2D eigenvalue weighted by Crippen LogP contribution is 2.23. The van der Waals surface area contributed by atoms with E-state index in [-0.39, 0.29) is 4.90 Å². The number of sulfonamides is 1. The van der Waals surface area contributed by atoms with Gasteiger partial charge >= 0.3 is 0 Å². The zero-order valence-electron chi connectivity index (χ0n) is 19.6. The molecule has 1 aromatic heterocycles. The molecule has 1 heterocycles. The maximum Gasteiger partial charge on any atom is 0.242 e. The Morgan fingerprint density at radius 1 is 0.941 bits per heavy atom. The van der Waals surface area contributed by atoms with Gasteiger partial charge in [-0.25, -0.2) is 17.7 Å². The van der Waals surface area contributed by atoms with Crippen LogP contribution in [0.5, 0.6) is 0 Å². The minimum Gasteiger partial charge on any atom is -0.378 e. The van der Waals surface area contributed by atoms with Gasteiger partial charge in [0.1, 0.15) is 5.82 Å². The van der Waals surface area contributed by atoms with Crippen LogP contribution in [0.15, 0.2) is 77.7 Å². The Balaban J connectivity index is 1.58. The molecule has 0 aliphatic heterocycles. The Bertz CT molecular complexity index is 1460. The fraction of sp³-hybridized carbons (Fsp3) is 0.222. The number of hydrogen-bond donors (Lipinski definition) is 1. The van der Waals surface area contributed by atoms with Crippen LogP contribution in [0.25, 0.3) is 11.0 Å². The van der Waals surface area contributed by atoms with Crippen LogP contribution in [0.4, 0.5) is 5.69 Å². The van der Waals surface area contributed by atoms with Crippen molar-refractivity contribution in [3.8, 4) is 11.8 Å². The number of nitrogens with one attached hydrogen (secondary N) is 1. The standard InChI is InChI=1S/C27H28N4O2S/c1-4-17-31-26-16-15-24(34(32,33)30(2)3)19-25(26)29-27(31)20-28-23-12-8-11-22(18-23)14-13-21-9-6-5-7-10-21/h5-12,15-16,18-19,28H,4,17,20H2,1-3H3. The molecular weight excluding hydrogens is 444 g/mol. The molecule has 7 heteroatoms. The third-order valence-corrected chi connectivity index (χ3v) is 7.27. The second kappa shape index (κ2) is 10.1. The van der Waals surface area contributed by atoms with Crippen LogP contribution in [0.1, 0.15) is 30.3 Å². The Hall–Kier alpha value is -3.60. The maximum absolute atomic E-state index is 12.5. The smallest absolute Gasteiger partial charge is 0.242 e. The number of imidazole rings is 1. The summed E-state index contributed by atoms with van der Waals surface area (Å²) in [5.41, 5.74) is 4.46. The second-order valence-electron chi connectivity index (χ2n) is 8.17. The molecule has 34 heavy (non-hydrogen) atoms. The predicted molar refractivity (Wildman–Crippen MR) is 137 cm³/mol. The van der Waals surface area contributed by atoms with E-state index in [0.717, 1.165) is 41.1 Å². The molecule has 174 valence electrons. The molecule has 0 saturated heterocycles. The van der Waals surface area contributed by atoms with Gasteiger partial charge in [0.05, 0.1) is 22.5 Å². The molecule has 4 rings (SSSR count). The zero-order valence-corrected chi connectivity index (χ0v) is 20.4. The van der Waals surface area contributed by atoms with Crippen LogP contribution in [0.3, 0.4) is 0 Å². The first-order valence-electron chi connectivity index (χ1n) is 11.2. The third-order valence-electron chi connectivity index (χ3n) is 5.46. The van der Waals surface area contributed by atoms with Crippen molar-refractivity contribution in [1.82, 2.24) is 13.9 Å². The van der Waals surface area contributed by atoms with Gasteiger partial charge in [-0.05, 0) is 55.0 Å². The first kappa shape index (κ1) is 23.6. The largest absolute Gasteiger partial charge is 0.378 e. The number of hydrogen-bond acceptors (Lipinski definition) is 4. The van der Waals surface area contributed by atoms with Crippen molar-refractivity contribution in [1.29, 1.82) is 0 Å². The Morgan fingerprint density at radius 3 is 2.41 bits per heavy atom. The van der Waals surface area contributed by atoms with E-state index in [9.17, 15) is 8.42 Å². The van der Waals surface area contributed by atoms with E-state index in [0.29, 0.717) is 12.1 Å². The van der Waals surface area contributed by atoms with E-state index >= 15 is 0 Å². The molecule has 6 nitrogen and oxygen atoms in total. The van der Waals surface area contributed by atoms with Crippen molar-refractivity contribution in [2.24, 2.45) is 0 Å². The molecule has 0 spiro atoms. The van der Waals surface area contributed by atoms with Crippen LogP contribution in [0.2, 0.25) is 0 Å². The third kappa shape index (κ3) is 5.14. The Kier molecular flexibility index (Phi) is 7.01. The summed E-state index contributed by atoms with van der Waals surface area (Å²) in [6.07, 6.45) is 0.945. The van der Waals surface area contributed by atoms with Crippen molar-refractivity contribution < 1.29 is 8.42 Å². The first-order chi connectivity index (χ1) is 16.4. The molecule has 0 saturated carbocycles. The Morgan fingerprint density at radius 2 is 1.68 bits per heavy atom. The highest BCUT2D eigenvalue weighted by atomic mass is 32.2. The first-order valence-corrected chi connectivity index (χ1v) is 12.6. The molecule has 0 aliphatic rings. The fourth-order valence-corrected chi connectivity index (χ4v) is 4.61. The van der Waals surface area contributed by atoms with Crippen molar-refractivity contribution in [3.63, 3.8) is 0 Å². The molecule has 0 bridgehead atoms. The summed E-state index contributed by atoms with van der Waals surface area (Å²) in [5, 5.41) is 3.44. The lowest BCUT2D eigenvalue weighted by molar-refractivity contribution is 0.521. The number of aryl methyl sites for hydroxylation is 1. The van der Waals surface area contributed by atoms with Gasteiger partial charge in [0.15, 0.2) is 0 Å². The van der Waals surface area contributed by atoms with Gasteiger partial charge in [-0.1, -0.05) is 43.0 Å². The summed E-state index contributed by atoms with van der Waals surface area (Å²) in [4.78, 5) is 5.01. The summed E-state index contributed by atoms with van der Waals surface area (Å²) < 4.78 is 28.5. The monoisotopic (exact) mass is 472 g/mol. The summed E-state index contributed by atoms with van der Waals surface area (Å²) >= 11 is 0. The molecule has 0 fully saturated rings. The summed E-state index contributed by atoms with van der Waals surface area (Å²) in [7, 11) is -0.453. The van der Waals surface area contributed by atoms with Gasteiger partial charge in [0.25, 0.3) is 0 Å². The van der Waals surface area contributed by atoms with E-state index in [1.54, 1.807) is 12.1 Å². The Labute approximate surface area is 201 Å². The SMILES string of the molecule is CCCn1c(CNc2cccc(C#Cc3ccccc3)c2)nc2cc(S(=O)(=O)N(C)C)ccc21. The number of fused-ring (bicyclic) bond motifs is 1.